The molecule has 1 heterocycles. The fourth-order valence-corrected chi connectivity index (χ4v) is 2.88. The molecule has 1 aromatic heterocycles. The highest BCUT2D eigenvalue weighted by Crippen LogP contribution is 2.33. The highest BCUT2D eigenvalue weighted by atomic mass is 79.9. The van der Waals surface area contributed by atoms with E-state index >= 15 is 0 Å². The second-order valence-electron chi connectivity index (χ2n) is 4.60. The van der Waals surface area contributed by atoms with Crippen LogP contribution in [-0.4, -0.2) is 10.1 Å². The lowest BCUT2D eigenvalue weighted by atomic mass is 9.98. The first kappa shape index (κ1) is 14.4. The van der Waals surface area contributed by atoms with Crippen molar-refractivity contribution >= 4 is 38.4 Å². The van der Waals surface area contributed by atoms with E-state index in [1.807, 2.05) is 18.2 Å². The molecule has 106 valence electrons. The van der Waals surface area contributed by atoms with Gasteiger partial charge in [-0.25, -0.2) is 4.39 Å². The minimum Gasteiger partial charge on any atom is -0.383 e. The van der Waals surface area contributed by atoms with E-state index in [9.17, 15) is 9.50 Å². The molecule has 2 aromatic carbocycles. The number of halogens is 3. The number of hydrogen-bond donors (Lipinski definition) is 1. The van der Waals surface area contributed by atoms with Crippen LogP contribution in [0, 0.1) is 5.82 Å². The number of hydrogen-bond acceptors (Lipinski definition) is 2. The van der Waals surface area contributed by atoms with Crippen LogP contribution < -0.4 is 0 Å². The number of aliphatic hydroxyl groups excluding tert-OH is 1. The van der Waals surface area contributed by atoms with Crippen LogP contribution in [0.25, 0.3) is 10.9 Å². The van der Waals surface area contributed by atoms with E-state index < -0.39 is 11.9 Å². The van der Waals surface area contributed by atoms with Crippen molar-refractivity contribution in [2.45, 2.75) is 6.10 Å². The summed E-state index contributed by atoms with van der Waals surface area (Å²) in [5, 5.41) is 11.7. The average molecular weight is 367 g/mol. The Hall–Kier alpha value is -1.49. The van der Waals surface area contributed by atoms with Crippen molar-refractivity contribution in [3.05, 3.63) is 75.1 Å². The smallest absolute Gasteiger partial charge is 0.130 e. The molecule has 1 unspecified atom stereocenters. The topological polar surface area (TPSA) is 33.1 Å². The lowest BCUT2D eigenvalue weighted by Gasteiger charge is -2.15. The summed E-state index contributed by atoms with van der Waals surface area (Å²) in [5.74, 6) is -0.540. The molecule has 0 saturated heterocycles. The maximum atomic E-state index is 14.0. The van der Waals surface area contributed by atoms with Gasteiger partial charge in [0.1, 0.15) is 11.9 Å². The molecule has 0 saturated carbocycles. The Labute approximate surface area is 134 Å². The molecule has 0 aliphatic carbocycles. The summed E-state index contributed by atoms with van der Waals surface area (Å²) < 4.78 is 14.9. The monoisotopic (exact) mass is 365 g/mol. The molecule has 1 atom stereocenters. The first-order chi connectivity index (χ1) is 10.1. The van der Waals surface area contributed by atoms with Gasteiger partial charge in [-0.1, -0.05) is 45.7 Å². The largest absolute Gasteiger partial charge is 0.383 e. The lowest BCUT2D eigenvalue weighted by molar-refractivity contribution is 0.216. The Morgan fingerprint density at radius 2 is 1.90 bits per heavy atom. The first-order valence-electron chi connectivity index (χ1n) is 6.24. The molecule has 0 amide bonds. The van der Waals surface area contributed by atoms with E-state index in [1.54, 1.807) is 18.3 Å². The maximum Gasteiger partial charge on any atom is 0.130 e. The fraction of sp³-hybridized carbons (Fsp3) is 0.0625. The van der Waals surface area contributed by atoms with Gasteiger partial charge in [0, 0.05) is 32.2 Å². The third-order valence-corrected chi connectivity index (χ3v) is 4.23. The molecule has 5 heteroatoms. The van der Waals surface area contributed by atoms with Crippen LogP contribution in [0.4, 0.5) is 4.39 Å². The number of aromatic nitrogens is 1. The number of aliphatic hydroxyl groups is 1. The maximum absolute atomic E-state index is 14.0. The second-order valence-corrected chi connectivity index (χ2v) is 5.90. The molecule has 0 aliphatic heterocycles. The van der Waals surface area contributed by atoms with Gasteiger partial charge in [0.15, 0.2) is 0 Å². The molecule has 0 spiro atoms. The minimum absolute atomic E-state index is 0.175. The van der Waals surface area contributed by atoms with Crippen LogP contribution in [-0.2, 0) is 0 Å². The summed E-state index contributed by atoms with van der Waals surface area (Å²) in [6.07, 6.45) is 0.538. The zero-order valence-corrected chi connectivity index (χ0v) is 13.1. The van der Waals surface area contributed by atoms with Crippen molar-refractivity contribution < 1.29 is 9.50 Å². The Kier molecular flexibility index (Phi) is 3.93. The zero-order chi connectivity index (χ0) is 15.0. The van der Waals surface area contributed by atoms with Crippen molar-refractivity contribution in [2.75, 3.05) is 0 Å². The quantitative estimate of drug-likeness (QED) is 0.702. The number of nitrogens with zero attached hydrogens (tertiary/aromatic N) is 1. The summed E-state index contributed by atoms with van der Waals surface area (Å²) in [4.78, 5) is 4.30. The standard InChI is InChI=1S/C16H10BrClFNO/c17-13-6-5-12(15-10(13)2-1-7-20-15)16(21)11-4-3-9(18)8-14(11)19/h1-8,16,21H. The normalized spacial score (nSPS) is 12.6. The third kappa shape index (κ3) is 2.67. The first-order valence-corrected chi connectivity index (χ1v) is 7.41. The highest BCUT2D eigenvalue weighted by molar-refractivity contribution is 9.10. The van der Waals surface area contributed by atoms with Gasteiger partial charge < -0.3 is 5.11 Å². The molecule has 2 nitrogen and oxygen atoms in total. The Morgan fingerprint density at radius 1 is 1.14 bits per heavy atom. The van der Waals surface area contributed by atoms with Crippen molar-refractivity contribution in [3.63, 3.8) is 0 Å². The highest BCUT2D eigenvalue weighted by Gasteiger charge is 2.19. The molecule has 3 aromatic rings. The van der Waals surface area contributed by atoms with Crippen molar-refractivity contribution in [3.8, 4) is 0 Å². The summed E-state index contributed by atoms with van der Waals surface area (Å²) in [7, 11) is 0. The number of benzene rings is 2. The predicted molar refractivity (Wildman–Crippen MR) is 84.9 cm³/mol. The van der Waals surface area contributed by atoms with E-state index in [-0.39, 0.29) is 5.56 Å². The van der Waals surface area contributed by atoms with E-state index in [1.165, 1.54) is 12.1 Å². The average Bonchev–Trinajstić information content (AvgIpc) is 2.47. The number of rotatable bonds is 2. The Morgan fingerprint density at radius 3 is 2.67 bits per heavy atom. The van der Waals surface area contributed by atoms with Crippen molar-refractivity contribution in [1.29, 1.82) is 0 Å². The Bertz CT molecular complexity index is 824. The molecular weight excluding hydrogens is 357 g/mol. The van der Waals surface area contributed by atoms with Gasteiger partial charge in [-0.3, -0.25) is 4.98 Å². The molecule has 0 bridgehead atoms. The summed E-state index contributed by atoms with van der Waals surface area (Å²) in [6, 6.07) is 11.5. The van der Waals surface area contributed by atoms with Crippen LogP contribution in [0.3, 0.4) is 0 Å². The molecule has 0 radical (unpaired) electrons. The van der Waals surface area contributed by atoms with Gasteiger partial charge in [-0.2, -0.15) is 0 Å². The van der Waals surface area contributed by atoms with Gasteiger partial charge in [-0.15, -0.1) is 0 Å². The van der Waals surface area contributed by atoms with Gasteiger partial charge in [-0.05, 0) is 24.3 Å². The second kappa shape index (κ2) is 5.72. The summed E-state index contributed by atoms with van der Waals surface area (Å²) >= 11 is 9.19. The molecule has 21 heavy (non-hydrogen) atoms. The van der Waals surface area contributed by atoms with Crippen LogP contribution in [0.2, 0.25) is 5.02 Å². The molecule has 3 rings (SSSR count). The molecule has 0 aliphatic rings. The number of pyridine rings is 1. The van der Waals surface area contributed by atoms with Crippen LogP contribution in [0.15, 0.2) is 53.1 Å². The van der Waals surface area contributed by atoms with Gasteiger partial charge in [0.25, 0.3) is 0 Å². The fourth-order valence-electron chi connectivity index (χ4n) is 2.27. The lowest BCUT2D eigenvalue weighted by Crippen LogP contribution is -2.04. The summed E-state index contributed by atoms with van der Waals surface area (Å²) in [6.45, 7) is 0. The summed E-state index contributed by atoms with van der Waals surface area (Å²) in [5.41, 5.74) is 1.36. The third-order valence-electron chi connectivity index (χ3n) is 3.30. The molecular formula is C16H10BrClFNO. The van der Waals surface area contributed by atoms with E-state index in [4.69, 9.17) is 11.6 Å². The SMILES string of the molecule is OC(c1ccc(Cl)cc1F)c1ccc(Br)c2cccnc12. The van der Waals surface area contributed by atoms with Crippen LogP contribution in [0.5, 0.6) is 0 Å². The van der Waals surface area contributed by atoms with E-state index in [2.05, 4.69) is 20.9 Å². The van der Waals surface area contributed by atoms with E-state index in [0.717, 1.165) is 9.86 Å². The molecule has 0 fully saturated rings. The van der Waals surface area contributed by atoms with E-state index in [0.29, 0.717) is 16.1 Å². The molecule has 1 N–H and O–H groups in total. The van der Waals surface area contributed by atoms with Crippen LogP contribution in [0.1, 0.15) is 17.2 Å². The zero-order valence-electron chi connectivity index (χ0n) is 10.7. The van der Waals surface area contributed by atoms with Crippen molar-refractivity contribution in [2.24, 2.45) is 0 Å². The van der Waals surface area contributed by atoms with Gasteiger partial charge in [0.2, 0.25) is 0 Å². The van der Waals surface area contributed by atoms with Crippen LogP contribution >= 0.6 is 27.5 Å². The van der Waals surface area contributed by atoms with Crippen molar-refractivity contribution in [1.82, 2.24) is 4.98 Å². The number of fused-ring (bicyclic) bond motifs is 1. The predicted octanol–water partition coefficient (Wildman–Crippen LogP) is 4.87. The van der Waals surface area contributed by atoms with Gasteiger partial charge >= 0.3 is 0 Å². The minimum atomic E-state index is -1.10. The van der Waals surface area contributed by atoms with Gasteiger partial charge in [0.05, 0.1) is 5.52 Å². The Balaban J connectivity index is 2.18.